The molecule has 2 aromatic rings. The summed E-state index contributed by atoms with van der Waals surface area (Å²) in [6.07, 6.45) is 10.9. The van der Waals surface area contributed by atoms with Crippen molar-refractivity contribution >= 4 is 17.7 Å². The predicted octanol–water partition coefficient (Wildman–Crippen LogP) is 4.78. The lowest BCUT2D eigenvalue weighted by Gasteiger charge is -2.13. The van der Waals surface area contributed by atoms with Gasteiger partial charge in [0.05, 0.1) is 23.3 Å². The van der Waals surface area contributed by atoms with Gasteiger partial charge in [0.2, 0.25) is 0 Å². The van der Waals surface area contributed by atoms with Gasteiger partial charge in [0.25, 0.3) is 5.91 Å². The van der Waals surface area contributed by atoms with Crippen molar-refractivity contribution in [2.45, 2.75) is 6.92 Å². The molecule has 0 aliphatic carbocycles. The summed E-state index contributed by atoms with van der Waals surface area (Å²) in [5, 5.41) is 17.2. The SMILES string of the molecule is C=C/C(C#Cc1cc(C(=O)NCCSC(=C)N(C)/N=N\C)ccc1-n1cccn1)=C\C=C/C. The highest BCUT2D eigenvalue weighted by molar-refractivity contribution is 8.02. The number of allylic oxidation sites excluding steroid dienone is 5. The summed E-state index contributed by atoms with van der Waals surface area (Å²) >= 11 is 1.49. The molecule has 1 amide bonds. The monoisotopic (exact) mass is 460 g/mol. The van der Waals surface area contributed by atoms with E-state index < -0.39 is 0 Å². The molecule has 0 saturated heterocycles. The van der Waals surface area contributed by atoms with E-state index in [2.05, 4.69) is 45.8 Å². The molecule has 1 aromatic carbocycles. The molecule has 1 aromatic heterocycles. The molecule has 0 aliphatic rings. The van der Waals surface area contributed by atoms with Crippen LogP contribution in [0.3, 0.4) is 0 Å². The van der Waals surface area contributed by atoms with Crippen LogP contribution in [0.1, 0.15) is 22.8 Å². The average Bonchev–Trinajstić information content (AvgIpc) is 3.36. The third-order valence-corrected chi connectivity index (χ3v) is 5.29. The van der Waals surface area contributed by atoms with Crippen molar-refractivity contribution in [2.24, 2.45) is 10.3 Å². The Hall–Kier alpha value is -3.83. The number of hydrogen-bond donors (Lipinski definition) is 1. The molecular formula is C25H28N6OS. The summed E-state index contributed by atoms with van der Waals surface area (Å²) in [7, 11) is 3.37. The van der Waals surface area contributed by atoms with Crippen molar-refractivity contribution in [1.82, 2.24) is 20.1 Å². The second kappa shape index (κ2) is 13.6. The van der Waals surface area contributed by atoms with Gasteiger partial charge in [-0.15, -0.1) is 11.8 Å². The number of amides is 1. The van der Waals surface area contributed by atoms with Gasteiger partial charge in [0.15, 0.2) is 0 Å². The largest absolute Gasteiger partial charge is 0.351 e. The Morgan fingerprint density at radius 2 is 2.24 bits per heavy atom. The van der Waals surface area contributed by atoms with Gasteiger partial charge >= 0.3 is 0 Å². The van der Waals surface area contributed by atoms with E-state index in [0.29, 0.717) is 23.4 Å². The summed E-state index contributed by atoms with van der Waals surface area (Å²) in [5.41, 5.74) is 2.78. The highest BCUT2D eigenvalue weighted by atomic mass is 32.2. The van der Waals surface area contributed by atoms with Gasteiger partial charge in [-0.05, 0) is 37.3 Å². The maximum Gasteiger partial charge on any atom is 0.251 e. The third-order valence-electron chi connectivity index (χ3n) is 4.28. The van der Waals surface area contributed by atoms with E-state index in [9.17, 15) is 4.79 Å². The number of hydrogen-bond acceptors (Lipinski definition) is 5. The van der Waals surface area contributed by atoms with Crippen LogP contribution in [0.2, 0.25) is 0 Å². The number of benzene rings is 1. The highest BCUT2D eigenvalue weighted by Crippen LogP contribution is 2.18. The maximum atomic E-state index is 12.7. The van der Waals surface area contributed by atoms with Crippen molar-refractivity contribution in [3.05, 3.63) is 95.9 Å². The minimum atomic E-state index is -0.175. The quantitative estimate of drug-likeness (QED) is 0.182. The first-order chi connectivity index (χ1) is 16.0. The van der Waals surface area contributed by atoms with Gasteiger partial charge in [0, 0.05) is 42.9 Å². The smallest absolute Gasteiger partial charge is 0.251 e. The van der Waals surface area contributed by atoms with E-state index >= 15 is 0 Å². The molecule has 0 spiro atoms. The second-order valence-corrected chi connectivity index (χ2v) is 7.76. The zero-order valence-corrected chi connectivity index (χ0v) is 20.0. The standard InChI is InChI=1S/C25H28N6OS/c1-6-8-10-21(7-2)11-12-22-19-23(13-14-24(22)31-17-9-15-28-31)25(32)27-16-18-33-20(3)30(5)29-26-4/h6-10,13-15,17,19H,2-3,16,18H2,1,4-5H3,(H,27,32)/b8-6-,21-10+,29-26-. The Bertz CT molecular complexity index is 1120. The van der Waals surface area contributed by atoms with Gasteiger partial charge in [-0.25, -0.2) is 9.69 Å². The molecule has 8 heteroatoms. The van der Waals surface area contributed by atoms with E-state index in [4.69, 9.17) is 0 Å². The third kappa shape index (κ3) is 7.98. The molecule has 0 unspecified atom stereocenters. The normalized spacial score (nSPS) is 11.3. The Kier molecular flexibility index (Phi) is 10.4. The molecule has 0 atom stereocenters. The fourth-order valence-electron chi connectivity index (χ4n) is 2.60. The Morgan fingerprint density at radius 1 is 1.42 bits per heavy atom. The van der Waals surface area contributed by atoms with Crippen LogP contribution in [-0.2, 0) is 0 Å². The molecule has 33 heavy (non-hydrogen) atoms. The lowest BCUT2D eigenvalue weighted by Crippen LogP contribution is -2.26. The van der Waals surface area contributed by atoms with Crippen LogP contribution in [0.4, 0.5) is 0 Å². The highest BCUT2D eigenvalue weighted by Gasteiger charge is 2.10. The summed E-state index contributed by atoms with van der Waals surface area (Å²) in [6, 6.07) is 7.22. The number of nitrogens with one attached hydrogen (secondary N) is 1. The van der Waals surface area contributed by atoms with Gasteiger partial charge in [0.1, 0.15) is 0 Å². The molecule has 0 aliphatic heterocycles. The Balaban J connectivity index is 2.17. The van der Waals surface area contributed by atoms with Crippen molar-refractivity contribution in [3.8, 4) is 17.5 Å². The van der Waals surface area contributed by atoms with Crippen LogP contribution in [-0.4, -0.2) is 47.1 Å². The fraction of sp³-hybridized carbons (Fsp3) is 0.200. The maximum absolute atomic E-state index is 12.7. The fourth-order valence-corrected chi connectivity index (χ4v) is 3.26. The molecule has 2 rings (SSSR count). The van der Waals surface area contributed by atoms with Crippen molar-refractivity contribution < 1.29 is 4.79 Å². The summed E-state index contributed by atoms with van der Waals surface area (Å²) in [4.78, 5) is 12.7. The first-order valence-corrected chi connectivity index (χ1v) is 11.2. The van der Waals surface area contributed by atoms with E-state index in [-0.39, 0.29) is 5.91 Å². The zero-order chi connectivity index (χ0) is 24.1. The molecule has 170 valence electrons. The first-order valence-electron chi connectivity index (χ1n) is 10.2. The molecule has 0 saturated carbocycles. The first kappa shape index (κ1) is 25.4. The second-order valence-electron chi connectivity index (χ2n) is 6.60. The minimum absolute atomic E-state index is 0.175. The van der Waals surface area contributed by atoms with Crippen LogP contribution in [0.5, 0.6) is 0 Å². The minimum Gasteiger partial charge on any atom is -0.351 e. The van der Waals surface area contributed by atoms with Crippen LogP contribution in [0.15, 0.2) is 95.1 Å². The number of aromatic nitrogens is 2. The number of carbonyl (C=O) groups excluding carboxylic acids is 1. The van der Waals surface area contributed by atoms with Crippen LogP contribution in [0, 0.1) is 11.8 Å². The summed E-state index contributed by atoms with van der Waals surface area (Å²) in [5.74, 6) is 6.75. The lowest BCUT2D eigenvalue weighted by atomic mass is 10.1. The summed E-state index contributed by atoms with van der Waals surface area (Å²) in [6.45, 7) is 10.2. The van der Waals surface area contributed by atoms with Crippen molar-refractivity contribution in [1.29, 1.82) is 0 Å². The van der Waals surface area contributed by atoms with Crippen LogP contribution < -0.4 is 5.32 Å². The van der Waals surface area contributed by atoms with E-state index in [1.807, 2.05) is 43.5 Å². The number of thioether (sulfide) groups is 1. The van der Waals surface area contributed by atoms with Gasteiger partial charge in [-0.2, -0.15) is 10.2 Å². The molecule has 0 radical (unpaired) electrons. The molecule has 0 bridgehead atoms. The van der Waals surface area contributed by atoms with E-state index in [1.165, 1.54) is 11.8 Å². The van der Waals surface area contributed by atoms with Crippen LogP contribution in [0.25, 0.3) is 5.69 Å². The molecular weight excluding hydrogens is 432 g/mol. The topological polar surface area (TPSA) is 74.9 Å². The zero-order valence-electron chi connectivity index (χ0n) is 19.2. The van der Waals surface area contributed by atoms with Gasteiger partial charge in [-0.1, -0.05) is 48.5 Å². The predicted molar refractivity (Wildman–Crippen MR) is 136 cm³/mol. The average molecular weight is 461 g/mol. The van der Waals surface area contributed by atoms with Gasteiger partial charge in [-0.3, -0.25) is 4.79 Å². The van der Waals surface area contributed by atoms with E-state index in [0.717, 1.165) is 16.3 Å². The van der Waals surface area contributed by atoms with Crippen molar-refractivity contribution in [3.63, 3.8) is 0 Å². The Morgan fingerprint density at radius 3 is 2.91 bits per heavy atom. The lowest BCUT2D eigenvalue weighted by molar-refractivity contribution is 0.0956. The molecule has 1 N–H and O–H groups in total. The van der Waals surface area contributed by atoms with Crippen LogP contribution >= 0.6 is 11.8 Å². The molecule has 7 nitrogen and oxygen atoms in total. The van der Waals surface area contributed by atoms with E-state index in [1.54, 1.807) is 48.2 Å². The Labute approximate surface area is 199 Å². The molecule has 1 heterocycles. The summed E-state index contributed by atoms with van der Waals surface area (Å²) < 4.78 is 1.72. The number of rotatable bonds is 10. The number of carbonyl (C=O) groups is 1. The molecule has 0 fully saturated rings. The van der Waals surface area contributed by atoms with Crippen molar-refractivity contribution in [2.75, 3.05) is 26.4 Å². The number of nitrogens with zero attached hydrogens (tertiary/aromatic N) is 5. The van der Waals surface area contributed by atoms with Gasteiger partial charge < -0.3 is 5.32 Å².